The zero-order valence-electron chi connectivity index (χ0n) is 18.6. The molecule has 2 aromatic carbocycles. The minimum Gasteiger partial charge on any atom is -0.497 e. The highest BCUT2D eigenvalue weighted by molar-refractivity contribution is 6.31. The first-order chi connectivity index (χ1) is 15.9. The fraction of sp³-hybridized carbons (Fsp3) is 0.400. The van der Waals surface area contributed by atoms with Gasteiger partial charge < -0.3 is 15.0 Å². The molecule has 2 heterocycles. The SMILES string of the molecule is COc1ccc(CCC(=O)N2CCC([C@@]3(Cc4ccccc4Cl)NC(=O)NC3=O)CC2)cc1. The van der Waals surface area contributed by atoms with Gasteiger partial charge in [-0.15, -0.1) is 0 Å². The van der Waals surface area contributed by atoms with Crippen molar-refractivity contribution in [3.05, 3.63) is 64.7 Å². The van der Waals surface area contributed by atoms with Crippen LogP contribution >= 0.6 is 11.6 Å². The molecule has 0 spiro atoms. The number of methoxy groups -OCH3 is 1. The first-order valence-electron chi connectivity index (χ1n) is 11.2. The molecule has 33 heavy (non-hydrogen) atoms. The number of likely N-dealkylation sites (tertiary alicyclic amines) is 1. The predicted molar refractivity (Wildman–Crippen MR) is 125 cm³/mol. The van der Waals surface area contributed by atoms with Crippen molar-refractivity contribution < 1.29 is 19.1 Å². The van der Waals surface area contributed by atoms with Crippen LogP contribution in [0.1, 0.15) is 30.4 Å². The molecule has 0 aromatic heterocycles. The van der Waals surface area contributed by atoms with E-state index in [-0.39, 0.29) is 17.7 Å². The van der Waals surface area contributed by atoms with E-state index >= 15 is 0 Å². The molecule has 8 heteroatoms. The smallest absolute Gasteiger partial charge is 0.322 e. The Balaban J connectivity index is 1.39. The van der Waals surface area contributed by atoms with Gasteiger partial charge in [-0.05, 0) is 54.5 Å². The molecule has 7 nitrogen and oxygen atoms in total. The van der Waals surface area contributed by atoms with Gasteiger partial charge in [0.25, 0.3) is 5.91 Å². The Morgan fingerprint density at radius 3 is 2.42 bits per heavy atom. The van der Waals surface area contributed by atoms with Gasteiger partial charge in [0.15, 0.2) is 0 Å². The molecule has 0 bridgehead atoms. The number of nitrogens with one attached hydrogen (secondary N) is 2. The largest absolute Gasteiger partial charge is 0.497 e. The van der Waals surface area contributed by atoms with Crippen LogP contribution in [0.4, 0.5) is 4.79 Å². The number of hydrogen-bond donors (Lipinski definition) is 2. The third kappa shape index (κ3) is 4.98. The average molecular weight is 470 g/mol. The van der Waals surface area contributed by atoms with E-state index in [9.17, 15) is 14.4 Å². The molecule has 0 aliphatic carbocycles. The third-order valence-electron chi connectivity index (χ3n) is 6.73. The molecule has 2 saturated heterocycles. The normalized spacial score (nSPS) is 21.0. The van der Waals surface area contributed by atoms with Gasteiger partial charge in [0, 0.05) is 31.0 Å². The quantitative estimate of drug-likeness (QED) is 0.609. The van der Waals surface area contributed by atoms with Crippen LogP contribution in [0.15, 0.2) is 48.5 Å². The maximum Gasteiger partial charge on any atom is 0.322 e. The number of imide groups is 1. The number of nitrogens with zero attached hydrogens (tertiary/aromatic N) is 1. The summed E-state index contributed by atoms with van der Waals surface area (Å²) in [5.41, 5.74) is 0.845. The van der Waals surface area contributed by atoms with Gasteiger partial charge >= 0.3 is 6.03 Å². The Kier molecular flexibility index (Phi) is 6.88. The van der Waals surface area contributed by atoms with Gasteiger partial charge in [0.1, 0.15) is 11.3 Å². The molecule has 0 saturated carbocycles. The van der Waals surface area contributed by atoms with Crippen molar-refractivity contribution in [3.8, 4) is 5.75 Å². The van der Waals surface area contributed by atoms with Gasteiger partial charge in [-0.25, -0.2) is 4.79 Å². The van der Waals surface area contributed by atoms with Crippen LogP contribution in [0, 0.1) is 5.92 Å². The molecule has 0 unspecified atom stereocenters. The lowest BCUT2D eigenvalue weighted by Crippen LogP contribution is -2.58. The fourth-order valence-corrected chi connectivity index (χ4v) is 5.03. The zero-order valence-corrected chi connectivity index (χ0v) is 19.4. The summed E-state index contributed by atoms with van der Waals surface area (Å²) in [6.07, 6.45) is 2.68. The van der Waals surface area contributed by atoms with E-state index in [4.69, 9.17) is 16.3 Å². The van der Waals surface area contributed by atoms with Crippen molar-refractivity contribution in [1.82, 2.24) is 15.5 Å². The number of halogens is 1. The summed E-state index contributed by atoms with van der Waals surface area (Å²) in [7, 11) is 1.63. The number of amides is 4. The van der Waals surface area contributed by atoms with Gasteiger partial charge in [0.2, 0.25) is 5.91 Å². The number of ether oxygens (including phenoxy) is 1. The first kappa shape index (κ1) is 23.1. The summed E-state index contributed by atoms with van der Waals surface area (Å²) >= 11 is 6.35. The van der Waals surface area contributed by atoms with Crippen molar-refractivity contribution in [2.24, 2.45) is 5.92 Å². The molecular weight excluding hydrogens is 442 g/mol. The summed E-state index contributed by atoms with van der Waals surface area (Å²) < 4.78 is 5.17. The topological polar surface area (TPSA) is 87.7 Å². The summed E-state index contributed by atoms with van der Waals surface area (Å²) in [5.74, 6) is 0.479. The lowest BCUT2D eigenvalue weighted by atomic mass is 9.74. The second-order valence-corrected chi connectivity index (χ2v) is 9.06. The van der Waals surface area contributed by atoms with Crippen molar-refractivity contribution in [2.75, 3.05) is 20.2 Å². The van der Waals surface area contributed by atoms with E-state index in [2.05, 4.69) is 10.6 Å². The maximum atomic E-state index is 12.9. The van der Waals surface area contributed by atoms with Crippen LogP contribution in [0.5, 0.6) is 5.75 Å². The van der Waals surface area contributed by atoms with Gasteiger partial charge in [-0.1, -0.05) is 41.9 Å². The van der Waals surface area contributed by atoms with E-state index < -0.39 is 11.6 Å². The molecule has 2 aliphatic rings. The minimum absolute atomic E-state index is 0.0918. The van der Waals surface area contributed by atoms with Crippen molar-refractivity contribution in [2.45, 2.75) is 37.6 Å². The number of benzene rings is 2. The summed E-state index contributed by atoms with van der Waals surface area (Å²) in [6.45, 7) is 1.11. The van der Waals surface area contributed by atoms with Crippen LogP contribution in [-0.2, 0) is 22.4 Å². The Hall–Kier alpha value is -3.06. The standard InChI is InChI=1S/C25H28ClN3O4/c1-33-20-9-6-17(7-10-20)8-11-22(30)29-14-12-19(13-15-29)25(23(31)27-24(32)28-25)16-18-4-2-3-5-21(18)26/h2-7,9-10,19H,8,11-16H2,1H3,(H2,27,28,31,32)/t25-/m1/s1. The Morgan fingerprint density at radius 2 is 1.82 bits per heavy atom. The molecule has 4 rings (SSSR count). The third-order valence-corrected chi connectivity index (χ3v) is 7.10. The zero-order chi connectivity index (χ0) is 23.4. The van der Waals surface area contributed by atoms with Crippen LogP contribution in [0.3, 0.4) is 0 Å². The number of aryl methyl sites for hydroxylation is 1. The Bertz CT molecular complexity index is 1030. The van der Waals surface area contributed by atoms with Crippen LogP contribution in [0.25, 0.3) is 0 Å². The molecule has 2 aliphatic heterocycles. The minimum atomic E-state index is -1.06. The maximum absolute atomic E-state index is 12.9. The van der Waals surface area contributed by atoms with E-state index in [0.29, 0.717) is 50.2 Å². The molecular formula is C25H28ClN3O4. The van der Waals surface area contributed by atoms with Crippen LogP contribution in [0.2, 0.25) is 5.02 Å². The number of piperidine rings is 1. The van der Waals surface area contributed by atoms with E-state index in [1.54, 1.807) is 13.2 Å². The highest BCUT2D eigenvalue weighted by atomic mass is 35.5. The van der Waals surface area contributed by atoms with Crippen molar-refractivity contribution in [1.29, 1.82) is 0 Å². The number of rotatable bonds is 7. The van der Waals surface area contributed by atoms with Crippen molar-refractivity contribution >= 4 is 29.4 Å². The lowest BCUT2D eigenvalue weighted by Gasteiger charge is -2.41. The molecule has 174 valence electrons. The fourth-order valence-electron chi connectivity index (χ4n) is 4.83. The Morgan fingerprint density at radius 1 is 1.12 bits per heavy atom. The van der Waals surface area contributed by atoms with E-state index in [1.807, 2.05) is 47.4 Å². The highest BCUT2D eigenvalue weighted by Gasteiger charge is 2.52. The number of urea groups is 1. The molecule has 2 aromatic rings. The molecule has 2 N–H and O–H groups in total. The second kappa shape index (κ2) is 9.83. The van der Waals surface area contributed by atoms with Gasteiger partial charge in [-0.2, -0.15) is 0 Å². The lowest BCUT2D eigenvalue weighted by molar-refractivity contribution is -0.133. The molecule has 2 fully saturated rings. The predicted octanol–water partition coefficient (Wildman–Crippen LogP) is 3.34. The number of hydrogen-bond acceptors (Lipinski definition) is 4. The van der Waals surface area contributed by atoms with Crippen molar-refractivity contribution in [3.63, 3.8) is 0 Å². The molecule has 1 atom stereocenters. The summed E-state index contributed by atoms with van der Waals surface area (Å²) in [4.78, 5) is 39.6. The second-order valence-electron chi connectivity index (χ2n) is 8.65. The van der Waals surface area contributed by atoms with Gasteiger partial charge in [-0.3, -0.25) is 14.9 Å². The summed E-state index contributed by atoms with van der Waals surface area (Å²) in [6, 6.07) is 14.6. The van der Waals surface area contributed by atoms with E-state index in [0.717, 1.165) is 16.9 Å². The monoisotopic (exact) mass is 469 g/mol. The average Bonchev–Trinajstić information content (AvgIpc) is 3.12. The molecule has 0 radical (unpaired) electrons. The van der Waals surface area contributed by atoms with E-state index in [1.165, 1.54) is 0 Å². The Labute approximate surface area is 198 Å². The highest BCUT2D eigenvalue weighted by Crippen LogP contribution is 2.35. The molecule has 4 amide bonds. The van der Waals surface area contributed by atoms with Crippen LogP contribution < -0.4 is 15.4 Å². The number of carbonyl (C=O) groups is 3. The first-order valence-corrected chi connectivity index (χ1v) is 11.6. The summed E-state index contributed by atoms with van der Waals surface area (Å²) in [5, 5.41) is 5.86. The van der Waals surface area contributed by atoms with Crippen LogP contribution in [-0.4, -0.2) is 48.5 Å². The number of carbonyl (C=O) groups excluding carboxylic acids is 3. The van der Waals surface area contributed by atoms with Gasteiger partial charge in [0.05, 0.1) is 7.11 Å².